The van der Waals surface area contributed by atoms with Gasteiger partial charge in [-0.15, -0.1) is 21.5 Å². The number of nitrogens with zero attached hydrogens (tertiary/aromatic N) is 4. The molecule has 1 unspecified atom stereocenters. The van der Waals surface area contributed by atoms with Crippen molar-refractivity contribution in [3.05, 3.63) is 76.6 Å². The van der Waals surface area contributed by atoms with Crippen LogP contribution in [-0.4, -0.2) is 19.7 Å². The molecule has 2 heterocycles. The van der Waals surface area contributed by atoms with Crippen LogP contribution in [0.5, 0.6) is 5.75 Å². The van der Waals surface area contributed by atoms with Crippen LogP contribution in [-0.2, 0) is 12.3 Å². The minimum absolute atomic E-state index is 0.191. The highest BCUT2D eigenvalue weighted by Gasteiger charge is 2.19. The van der Waals surface area contributed by atoms with E-state index in [4.69, 9.17) is 9.72 Å². The molecule has 0 N–H and O–H groups in total. The molecule has 7 heteroatoms. The highest BCUT2D eigenvalue weighted by atomic mass is 32.2. The van der Waals surface area contributed by atoms with Crippen molar-refractivity contribution in [3.63, 3.8) is 0 Å². The van der Waals surface area contributed by atoms with Gasteiger partial charge in [0, 0.05) is 23.2 Å². The molecule has 33 heavy (non-hydrogen) atoms. The standard InChI is InChI=1S/C26H30N4OS2/c1-6-30-24(19(5)31-23-13-11-20(12-14-23)17(2)3)28-29-26(30)33-16-22-15-32-25(27-22)21-9-7-18(4)8-10-21/h7-15,17,19H,6,16H2,1-5H3. The van der Waals surface area contributed by atoms with Crippen molar-refractivity contribution in [3.8, 4) is 16.3 Å². The second kappa shape index (κ2) is 10.5. The van der Waals surface area contributed by atoms with Crippen LogP contribution < -0.4 is 4.74 Å². The molecule has 0 amide bonds. The first-order chi connectivity index (χ1) is 15.9. The van der Waals surface area contributed by atoms with Crippen molar-refractivity contribution in [2.24, 2.45) is 0 Å². The summed E-state index contributed by atoms with van der Waals surface area (Å²) in [6, 6.07) is 16.8. The molecule has 0 aliphatic carbocycles. The molecule has 0 fully saturated rings. The van der Waals surface area contributed by atoms with Crippen molar-refractivity contribution in [2.75, 3.05) is 0 Å². The molecule has 0 saturated heterocycles. The van der Waals surface area contributed by atoms with Gasteiger partial charge in [0.1, 0.15) is 10.8 Å². The lowest BCUT2D eigenvalue weighted by atomic mass is 10.0. The lowest BCUT2D eigenvalue weighted by Gasteiger charge is -2.16. The second-order valence-corrected chi connectivity index (χ2v) is 10.2. The molecular formula is C26H30N4OS2. The van der Waals surface area contributed by atoms with E-state index in [0.717, 1.165) is 45.3 Å². The van der Waals surface area contributed by atoms with E-state index >= 15 is 0 Å². The Labute approximate surface area is 204 Å². The molecule has 1 atom stereocenters. The number of hydrogen-bond acceptors (Lipinski definition) is 6. The summed E-state index contributed by atoms with van der Waals surface area (Å²) >= 11 is 3.34. The zero-order valence-electron chi connectivity index (χ0n) is 19.8. The van der Waals surface area contributed by atoms with Gasteiger partial charge in [0.25, 0.3) is 0 Å². The number of thioether (sulfide) groups is 1. The van der Waals surface area contributed by atoms with Crippen LogP contribution in [0, 0.1) is 6.92 Å². The Morgan fingerprint density at radius 2 is 1.73 bits per heavy atom. The fourth-order valence-corrected chi connectivity index (χ4v) is 5.37. The normalized spacial score (nSPS) is 12.3. The smallest absolute Gasteiger partial charge is 0.191 e. The highest BCUT2D eigenvalue weighted by molar-refractivity contribution is 7.98. The monoisotopic (exact) mass is 478 g/mol. The average molecular weight is 479 g/mol. The number of ether oxygens (including phenoxy) is 1. The zero-order chi connectivity index (χ0) is 23.4. The molecule has 2 aromatic carbocycles. The van der Waals surface area contributed by atoms with Crippen LogP contribution in [0.15, 0.2) is 59.1 Å². The summed E-state index contributed by atoms with van der Waals surface area (Å²) in [4.78, 5) is 4.81. The first kappa shape index (κ1) is 23.5. The van der Waals surface area contributed by atoms with Crippen molar-refractivity contribution >= 4 is 23.1 Å². The fourth-order valence-electron chi connectivity index (χ4n) is 3.53. The van der Waals surface area contributed by atoms with E-state index in [-0.39, 0.29) is 6.10 Å². The van der Waals surface area contributed by atoms with E-state index in [0.29, 0.717) is 5.92 Å². The Balaban J connectivity index is 1.41. The molecule has 2 aromatic heterocycles. The number of rotatable bonds is 9. The predicted molar refractivity (Wildman–Crippen MR) is 137 cm³/mol. The summed E-state index contributed by atoms with van der Waals surface area (Å²) in [5, 5.41) is 13.0. The van der Waals surface area contributed by atoms with Crippen LogP contribution in [0.3, 0.4) is 0 Å². The minimum Gasteiger partial charge on any atom is -0.483 e. The third kappa shape index (κ3) is 5.65. The maximum Gasteiger partial charge on any atom is 0.191 e. The van der Waals surface area contributed by atoms with Crippen molar-refractivity contribution in [1.29, 1.82) is 0 Å². The average Bonchev–Trinajstić information content (AvgIpc) is 3.45. The number of hydrogen-bond donors (Lipinski definition) is 0. The number of thiazole rings is 1. The van der Waals surface area contributed by atoms with E-state index < -0.39 is 0 Å². The molecular weight excluding hydrogens is 448 g/mol. The summed E-state index contributed by atoms with van der Waals surface area (Å²) in [6.07, 6.45) is -0.191. The Bertz CT molecular complexity index is 1180. The van der Waals surface area contributed by atoms with Crippen LogP contribution in [0.2, 0.25) is 0 Å². The summed E-state index contributed by atoms with van der Waals surface area (Å²) in [5.41, 5.74) is 4.78. The van der Waals surface area contributed by atoms with Gasteiger partial charge in [0.05, 0.1) is 5.69 Å². The molecule has 0 saturated carbocycles. The summed E-state index contributed by atoms with van der Waals surface area (Å²) < 4.78 is 8.30. The maximum atomic E-state index is 6.17. The van der Waals surface area contributed by atoms with Gasteiger partial charge in [-0.3, -0.25) is 0 Å². The van der Waals surface area contributed by atoms with Gasteiger partial charge >= 0.3 is 0 Å². The number of aromatic nitrogens is 4. The largest absolute Gasteiger partial charge is 0.483 e. The molecule has 0 aliphatic rings. The third-order valence-electron chi connectivity index (χ3n) is 5.48. The maximum absolute atomic E-state index is 6.17. The molecule has 0 bridgehead atoms. The number of benzene rings is 2. The lowest BCUT2D eigenvalue weighted by molar-refractivity contribution is 0.210. The van der Waals surface area contributed by atoms with Gasteiger partial charge in [-0.2, -0.15) is 0 Å². The highest BCUT2D eigenvalue weighted by Crippen LogP contribution is 2.30. The van der Waals surface area contributed by atoms with Crippen LogP contribution in [0.1, 0.15) is 62.4 Å². The summed E-state index contributed by atoms with van der Waals surface area (Å²) in [7, 11) is 0. The Morgan fingerprint density at radius 1 is 1.00 bits per heavy atom. The van der Waals surface area contributed by atoms with Crippen molar-refractivity contribution in [1.82, 2.24) is 19.7 Å². The summed E-state index contributed by atoms with van der Waals surface area (Å²) in [6.45, 7) is 11.4. The van der Waals surface area contributed by atoms with E-state index in [1.54, 1.807) is 23.1 Å². The fraction of sp³-hybridized carbons (Fsp3) is 0.346. The van der Waals surface area contributed by atoms with Gasteiger partial charge < -0.3 is 9.30 Å². The Morgan fingerprint density at radius 3 is 2.39 bits per heavy atom. The lowest BCUT2D eigenvalue weighted by Crippen LogP contribution is -2.12. The molecule has 4 aromatic rings. The molecule has 0 spiro atoms. The zero-order valence-corrected chi connectivity index (χ0v) is 21.4. The molecule has 0 aliphatic heterocycles. The van der Waals surface area contributed by atoms with Crippen molar-refractivity contribution in [2.45, 2.75) is 64.1 Å². The van der Waals surface area contributed by atoms with Crippen LogP contribution >= 0.6 is 23.1 Å². The van der Waals surface area contributed by atoms with E-state index in [1.165, 1.54) is 11.1 Å². The van der Waals surface area contributed by atoms with Gasteiger partial charge in [-0.25, -0.2) is 4.98 Å². The van der Waals surface area contributed by atoms with Crippen molar-refractivity contribution < 1.29 is 4.74 Å². The molecule has 4 rings (SSSR count). The van der Waals surface area contributed by atoms with Gasteiger partial charge in [0.2, 0.25) is 0 Å². The minimum atomic E-state index is -0.191. The van der Waals surface area contributed by atoms with Crippen LogP contribution in [0.25, 0.3) is 10.6 Å². The first-order valence-electron chi connectivity index (χ1n) is 11.3. The van der Waals surface area contributed by atoms with Gasteiger partial charge in [-0.1, -0.05) is 67.6 Å². The second-order valence-electron chi connectivity index (χ2n) is 8.37. The topological polar surface area (TPSA) is 52.8 Å². The van der Waals surface area contributed by atoms with E-state index in [9.17, 15) is 0 Å². The molecule has 172 valence electrons. The quantitative estimate of drug-likeness (QED) is 0.237. The van der Waals surface area contributed by atoms with E-state index in [2.05, 4.69) is 84.2 Å². The molecule has 5 nitrogen and oxygen atoms in total. The molecule has 0 radical (unpaired) electrons. The third-order valence-corrected chi connectivity index (χ3v) is 7.42. The van der Waals surface area contributed by atoms with Gasteiger partial charge in [0.15, 0.2) is 17.1 Å². The van der Waals surface area contributed by atoms with Crippen LogP contribution in [0.4, 0.5) is 0 Å². The Kier molecular flexibility index (Phi) is 7.50. The SMILES string of the molecule is CCn1c(SCc2csc(-c3ccc(C)cc3)n2)nnc1C(C)Oc1ccc(C(C)C)cc1. The summed E-state index contributed by atoms with van der Waals surface area (Å²) in [5.74, 6) is 2.95. The predicted octanol–water partition coefficient (Wildman–Crippen LogP) is 7.29. The first-order valence-corrected chi connectivity index (χ1v) is 13.1. The number of aryl methyl sites for hydroxylation is 1. The van der Waals surface area contributed by atoms with Gasteiger partial charge in [-0.05, 0) is 44.4 Å². The Hall–Kier alpha value is -2.64. The van der Waals surface area contributed by atoms with E-state index in [1.807, 2.05) is 19.1 Å².